The van der Waals surface area contributed by atoms with Crippen molar-refractivity contribution in [2.24, 2.45) is 4.99 Å². The first kappa shape index (κ1) is 11.5. The molecular formula is C13H17NO. The van der Waals surface area contributed by atoms with Gasteiger partial charge in [0, 0.05) is 12.4 Å². The van der Waals surface area contributed by atoms with E-state index in [0.29, 0.717) is 0 Å². The van der Waals surface area contributed by atoms with Gasteiger partial charge in [-0.2, -0.15) is 0 Å². The third-order valence-corrected chi connectivity index (χ3v) is 1.98. The summed E-state index contributed by atoms with van der Waals surface area (Å²) in [4.78, 5) is 3.95. The van der Waals surface area contributed by atoms with Gasteiger partial charge in [0.25, 0.3) is 0 Å². The lowest BCUT2D eigenvalue weighted by Gasteiger charge is -2.04. The Bertz CT molecular complexity index is 314. The van der Waals surface area contributed by atoms with E-state index < -0.39 is 0 Å². The topological polar surface area (TPSA) is 21.6 Å². The summed E-state index contributed by atoms with van der Waals surface area (Å²) in [6.45, 7) is 6.46. The minimum atomic E-state index is 0.788. The highest BCUT2D eigenvalue weighted by molar-refractivity contribution is 5.80. The van der Waals surface area contributed by atoms with Crippen LogP contribution in [-0.4, -0.2) is 12.8 Å². The number of unbranched alkanes of at least 4 members (excludes halogenated alkanes) is 1. The molecule has 0 saturated carbocycles. The van der Waals surface area contributed by atoms with Crippen LogP contribution in [0.2, 0.25) is 0 Å². The zero-order valence-electron chi connectivity index (χ0n) is 9.15. The van der Waals surface area contributed by atoms with Gasteiger partial charge < -0.3 is 4.74 Å². The molecule has 0 fully saturated rings. The van der Waals surface area contributed by atoms with Crippen molar-refractivity contribution in [3.8, 4) is 5.75 Å². The van der Waals surface area contributed by atoms with Crippen molar-refractivity contribution in [2.75, 3.05) is 6.61 Å². The van der Waals surface area contributed by atoms with Gasteiger partial charge in [0.05, 0.1) is 6.61 Å². The van der Waals surface area contributed by atoms with Crippen molar-refractivity contribution in [1.29, 1.82) is 0 Å². The van der Waals surface area contributed by atoms with Crippen LogP contribution in [0.5, 0.6) is 5.75 Å². The lowest BCUT2D eigenvalue weighted by Crippen LogP contribution is -1.96. The van der Waals surface area contributed by atoms with Crippen LogP contribution in [-0.2, 0) is 0 Å². The molecule has 80 valence electrons. The molecule has 0 atom stereocenters. The van der Waals surface area contributed by atoms with Crippen LogP contribution in [0.1, 0.15) is 25.3 Å². The predicted molar refractivity (Wildman–Crippen MR) is 64.6 cm³/mol. The standard InChI is InChI=1S/C13H17NO/c1-3-5-10-15-13-8-6-12(7-9-13)11-14-4-2/h4,6-9,11H,2-3,5,10H2,1H3. The van der Waals surface area contributed by atoms with Crippen LogP contribution < -0.4 is 4.74 Å². The fourth-order valence-electron chi connectivity index (χ4n) is 1.12. The molecule has 0 spiro atoms. The Labute approximate surface area is 91.3 Å². The summed E-state index contributed by atoms with van der Waals surface area (Å²) in [6, 6.07) is 7.88. The van der Waals surface area contributed by atoms with Crippen molar-refractivity contribution in [3.63, 3.8) is 0 Å². The summed E-state index contributed by atoms with van der Waals surface area (Å²) in [7, 11) is 0. The highest BCUT2D eigenvalue weighted by atomic mass is 16.5. The van der Waals surface area contributed by atoms with Crippen LogP contribution >= 0.6 is 0 Å². The Balaban J connectivity index is 2.48. The Hall–Kier alpha value is -1.57. The van der Waals surface area contributed by atoms with Gasteiger partial charge in [0.2, 0.25) is 0 Å². The first-order valence-corrected chi connectivity index (χ1v) is 5.23. The van der Waals surface area contributed by atoms with E-state index in [1.165, 1.54) is 6.20 Å². The van der Waals surface area contributed by atoms with E-state index in [9.17, 15) is 0 Å². The maximum atomic E-state index is 5.54. The van der Waals surface area contributed by atoms with Crippen LogP contribution in [0.25, 0.3) is 0 Å². The molecule has 15 heavy (non-hydrogen) atoms. The Morgan fingerprint density at radius 3 is 2.67 bits per heavy atom. The number of hydrogen-bond donors (Lipinski definition) is 0. The second-order valence-electron chi connectivity index (χ2n) is 3.23. The molecule has 2 nitrogen and oxygen atoms in total. The first-order chi connectivity index (χ1) is 7.36. The highest BCUT2D eigenvalue weighted by Gasteiger charge is 1.92. The van der Waals surface area contributed by atoms with E-state index in [-0.39, 0.29) is 0 Å². The maximum Gasteiger partial charge on any atom is 0.119 e. The monoisotopic (exact) mass is 203 g/mol. The van der Waals surface area contributed by atoms with Crippen molar-refractivity contribution in [2.45, 2.75) is 19.8 Å². The number of aliphatic imine (C=N–C) groups is 1. The fraction of sp³-hybridized carbons (Fsp3) is 0.308. The summed E-state index contributed by atoms with van der Waals surface area (Å²) in [6.07, 6.45) is 5.54. The molecule has 0 N–H and O–H groups in total. The summed E-state index contributed by atoms with van der Waals surface area (Å²) < 4.78 is 5.54. The second-order valence-corrected chi connectivity index (χ2v) is 3.23. The third-order valence-electron chi connectivity index (χ3n) is 1.98. The Morgan fingerprint density at radius 2 is 2.07 bits per heavy atom. The zero-order valence-corrected chi connectivity index (χ0v) is 9.15. The largest absolute Gasteiger partial charge is 0.494 e. The molecule has 0 aromatic heterocycles. The van der Waals surface area contributed by atoms with Gasteiger partial charge in [-0.1, -0.05) is 19.9 Å². The smallest absolute Gasteiger partial charge is 0.119 e. The quantitative estimate of drug-likeness (QED) is 0.512. The van der Waals surface area contributed by atoms with Crippen LogP contribution in [0.4, 0.5) is 0 Å². The maximum absolute atomic E-state index is 5.54. The van der Waals surface area contributed by atoms with Crippen molar-refractivity contribution < 1.29 is 4.74 Å². The summed E-state index contributed by atoms with van der Waals surface area (Å²) >= 11 is 0. The van der Waals surface area contributed by atoms with Crippen molar-refractivity contribution in [1.82, 2.24) is 0 Å². The molecule has 0 saturated heterocycles. The predicted octanol–water partition coefficient (Wildman–Crippen LogP) is 3.43. The van der Waals surface area contributed by atoms with E-state index in [0.717, 1.165) is 30.8 Å². The molecule has 1 aromatic carbocycles. The molecule has 0 aliphatic carbocycles. The Kier molecular flexibility index (Phi) is 5.23. The lowest BCUT2D eigenvalue weighted by atomic mass is 10.2. The summed E-state index contributed by atoms with van der Waals surface area (Å²) in [5.74, 6) is 0.916. The molecule has 0 aliphatic heterocycles. The van der Waals surface area contributed by atoms with Gasteiger partial charge in [0.15, 0.2) is 0 Å². The Morgan fingerprint density at radius 1 is 1.33 bits per heavy atom. The summed E-state index contributed by atoms with van der Waals surface area (Å²) in [5.41, 5.74) is 1.05. The van der Waals surface area contributed by atoms with Gasteiger partial charge in [-0.05, 0) is 36.2 Å². The van der Waals surface area contributed by atoms with E-state index in [1.54, 1.807) is 6.21 Å². The van der Waals surface area contributed by atoms with Crippen LogP contribution in [0.3, 0.4) is 0 Å². The minimum absolute atomic E-state index is 0.788. The average molecular weight is 203 g/mol. The molecular weight excluding hydrogens is 186 g/mol. The van der Waals surface area contributed by atoms with E-state index in [2.05, 4.69) is 18.5 Å². The number of hydrogen-bond acceptors (Lipinski definition) is 2. The molecule has 0 unspecified atom stereocenters. The summed E-state index contributed by atoms with van der Waals surface area (Å²) in [5, 5.41) is 0. The molecule has 0 heterocycles. The lowest BCUT2D eigenvalue weighted by molar-refractivity contribution is 0.309. The van der Waals surface area contributed by atoms with E-state index in [1.807, 2.05) is 24.3 Å². The van der Waals surface area contributed by atoms with Gasteiger partial charge in [-0.15, -0.1) is 0 Å². The fourth-order valence-corrected chi connectivity index (χ4v) is 1.12. The van der Waals surface area contributed by atoms with E-state index >= 15 is 0 Å². The van der Waals surface area contributed by atoms with Gasteiger partial charge in [-0.3, -0.25) is 4.99 Å². The molecule has 1 rings (SSSR count). The molecule has 0 radical (unpaired) electrons. The molecule has 0 amide bonds. The average Bonchev–Trinajstić information content (AvgIpc) is 2.28. The number of benzene rings is 1. The highest BCUT2D eigenvalue weighted by Crippen LogP contribution is 2.11. The van der Waals surface area contributed by atoms with E-state index in [4.69, 9.17) is 4.74 Å². The normalized spacial score (nSPS) is 10.5. The zero-order chi connectivity index (χ0) is 10.9. The number of ether oxygens (including phenoxy) is 1. The number of rotatable bonds is 6. The first-order valence-electron chi connectivity index (χ1n) is 5.23. The van der Waals surface area contributed by atoms with Crippen molar-refractivity contribution >= 4 is 6.21 Å². The SMILES string of the molecule is C=CN=Cc1ccc(OCCCC)cc1. The molecule has 0 aliphatic rings. The second kappa shape index (κ2) is 6.82. The third kappa shape index (κ3) is 4.45. The van der Waals surface area contributed by atoms with Crippen LogP contribution in [0, 0.1) is 0 Å². The minimum Gasteiger partial charge on any atom is -0.494 e. The van der Waals surface area contributed by atoms with Crippen LogP contribution in [0.15, 0.2) is 42.0 Å². The van der Waals surface area contributed by atoms with Crippen molar-refractivity contribution in [3.05, 3.63) is 42.6 Å². The molecule has 1 aromatic rings. The molecule has 0 bridgehead atoms. The van der Waals surface area contributed by atoms with Gasteiger partial charge >= 0.3 is 0 Å². The number of nitrogens with zero attached hydrogens (tertiary/aromatic N) is 1. The van der Waals surface area contributed by atoms with Gasteiger partial charge in [0.1, 0.15) is 5.75 Å². The molecule has 2 heteroatoms. The van der Waals surface area contributed by atoms with Gasteiger partial charge in [-0.25, -0.2) is 0 Å².